The molecule has 0 atom stereocenters. The Morgan fingerprint density at radius 3 is 2.04 bits per heavy atom. The maximum atomic E-state index is 12.5. The van der Waals surface area contributed by atoms with E-state index in [9.17, 15) is 23.6 Å². The van der Waals surface area contributed by atoms with E-state index in [-0.39, 0.29) is 35.8 Å². The Morgan fingerprint density at radius 2 is 1.55 bits per heavy atom. The Bertz CT molecular complexity index is 1430. The number of methoxy groups -OCH3 is 1. The Hall–Kier alpha value is -5.26. The third-order valence-corrected chi connectivity index (χ3v) is 6.99. The van der Waals surface area contributed by atoms with Crippen molar-refractivity contribution in [3.63, 3.8) is 0 Å². The Balaban J connectivity index is 0.000000695. The van der Waals surface area contributed by atoms with Crippen LogP contribution in [-0.4, -0.2) is 68.5 Å². The average molecular weight is 663 g/mol. The Labute approximate surface area is 282 Å². The van der Waals surface area contributed by atoms with Crippen LogP contribution in [0, 0.1) is 31.5 Å². The third kappa shape index (κ3) is 16.0. The van der Waals surface area contributed by atoms with Crippen LogP contribution < -0.4 is 20.7 Å². The van der Waals surface area contributed by atoms with Crippen molar-refractivity contribution in [2.75, 3.05) is 50.2 Å². The summed E-state index contributed by atoms with van der Waals surface area (Å²) < 4.78 is 17.1. The van der Waals surface area contributed by atoms with Crippen molar-refractivity contribution in [1.82, 2.24) is 10.2 Å². The number of benzene rings is 3. The van der Waals surface area contributed by atoms with Crippen molar-refractivity contribution in [2.24, 2.45) is 0 Å². The zero-order chi connectivity index (χ0) is 35.6. The molecule has 4 rings (SSSR count). The van der Waals surface area contributed by atoms with E-state index in [0.717, 1.165) is 37.4 Å². The van der Waals surface area contributed by atoms with Gasteiger partial charge in [0, 0.05) is 54.5 Å². The molecule has 3 N–H and O–H groups in total. The Morgan fingerprint density at radius 1 is 0.957 bits per heavy atom. The van der Waals surface area contributed by atoms with Gasteiger partial charge in [-0.15, -0.1) is 37.5 Å². The van der Waals surface area contributed by atoms with Crippen LogP contribution in [0.3, 0.4) is 0 Å². The number of rotatable bonds is 9. The fourth-order valence-corrected chi connectivity index (χ4v) is 4.64. The van der Waals surface area contributed by atoms with E-state index in [0.29, 0.717) is 23.1 Å². The predicted molar refractivity (Wildman–Crippen MR) is 189 cm³/mol. The topological polar surface area (TPSA) is 117 Å². The van der Waals surface area contributed by atoms with Gasteiger partial charge in [-0.1, -0.05) is 19.1 Å². The lowest BCUT2D eigenvalue weighted by molar-refractivity contribution is -0.128. The number of nitrogens with zero attached hydrogens (tertiary/aromatic N) is 1. The number of halogens is 1. The van der Waals surface area contributed by atoms with Crippen LogP contribution in [0.4, 0.5) is 15.8 Å². The van der Waals surface area contributed by atoms with Gasteiger partial charge < -0.3 is 25.6 Å². The predicted octanol–water partition coefficient (Wildman–Crippen LogP) is 5.98. The number of carbonyl (C=O) groups excluding carboxylic acids is 4. The quantitative estimate of drug-likeness (QED) is 0.147. The molecule has 3 aromatic rings. The molecule has 0 aliphatic carbocycles. The summed E-state index contributed by atoms with van der Waals surface area (Å²) in [6, 6.07) is 19.0. The number of thioether (sulfide) groups is 1. The maximum Gasteiger partial charge on any atom is 0.251 e. The van der Waals surface area contributed by atoms with Crippen LogP contribution >= 0.6 is 11.8 Å². The number of para-hydroxylation sites is 1. The molecule has 11 heteroatoms. The molecule has 3 amide bonds. The van der Waals surface area contributed by atoms with Crippen molar-refractivity contribution in [3.05, 3.63) is 83.7 Å². The minimum absolute atomic E-state index is 0.0316. The van der Waals surface area contributed by atoms with Crippen LogP contribution in [0.5, 0.6) is 5.75 Å². The minimum Gasteiger partial charge on any atom is -0.494 e. The number of hydrogen-bond donors (Lipinski definition) is 3. The molecule has 1 saturated heterocycles. The van der Waals surface area contributed by atoms with Gasteiger partial charge in [0.05, 0.1) is 13.7 Å². The number of terminal acetylenes is 2. The van der Waals surface area contributed by atoms with E-state index in [4.69, 9.17) is 0 Å². The van der Waals surface area contributed by atoms with Gasteiger partial charge in [0.25, 0.3) is 5.91 Å². The van der Waals surface area contributed by atoms with E-state index in [1.165, 1.54) is 32.0 Å². The molecule has 47 heavy (non-hydrogen) atoms. The second-order valence-electron chi connectivity index (χ2n) is 9.21. The van der Waals surface area contributed by atoms with E-state index in [2.05, 4.69) is 53.3 Å². The first kappa shape index (κ1) is 41.7. The molecular formula is C36H43FN4O5S. The highest BCUT2D eigenvalue weighted by molar-refractivity contribution is 7.99. The molecule has 0 radical (unpaired) electrons. The first-order chi connectivity index (χ1) is 22.7. The first-order valence-electron chi connectivity index (χ1n) is 14.5. The van der Waals surface area contributed by atoms with E-state index >= 15 is 0 Å². The molecule has 0 spiro atoms. The lowest BCUT2D eigenvalue weighted by Crippen LogP contribution is -2.33. The molecular weight excluding hydrogens is 619 g/mol. The van der Waals surface area contributed by atoms with E-state index < -0.39 is 0 Å². The zero-order valence-electron chi connectivity index (χ0n) is 27.3. The standard InChI is InChI=1S/C15H19N3O3.C10H13NOS.C7H7FO.2C2H2/c1-16-15(21)13-5-4-12(8-11(13)10-19)17-9-14(20)18-6-2-3-7-18;1-3-13-10-6-4-9(5-7-10)11-8(2)12;1-9-7-5-3-2-4-6(7)8;2*1-2/h4-5,8,10,17H,2-3,6-7,9H2,1H3,(H,16,21);4-7H,3H2,1-2H3,(H,11,12);2-5H,1H3;2*1-2H. The third-order valence-electron chi connectivity index (χ3n) is 6.09. The number of aldehydes is 1. The number of amides is 3. The fourth-order valence-electron chi connectivity index (χ4n) is 3.98. The SMILES string of the molecule is C#C.C#C.CCSc1ccc(NC(C)=O)cc1.CNC(=O)c1ccc(NCC(=O)N2CCCC2)cc1C=O.COc1ccccc1F. The lowest BCUT2D eigenvalue weighted by atomic mass is 10.1. The van der Waals surface area contributed by atoms with Gasteiger partial charge in [-0.2, -0.15) is 0 Å². The largest absolute Gasteiger partial charge is 0.494 e. The van der Waals surface area contributed by atoms with Gasteiger partial charge in [0.1, 0.15) is 0 Å². The molecule has 0 saturated carbocycles. The summed E-state index contributed by atoms with van der Waals surface area (Å²) in [5.41, 5.74) is 2.13. The summed E-state index contributed by atoms with van der Waals surface area (Å²) in [6.45, 7) is 5.45. The summed E-state index contributed by atoms with van der Waals surface area (Å²) in [7, 11) is 2.95. The summed E-state index contributed by atoms with van der Waals surface area (Å²) >= 11 is 1.79. The second kappa shape index (κ2) is 25.0. The lowest BCUT2D eigenvalue weighted by Gasteiger charge is -2.16. The summed E-state index contributed by atoms with van der Waals surface area (Å²) in [5, 5.41) is 8.21. The van der Waals surface area contributed by atoms with Crippen molar-refractivity contribution >= 4 is 47.1 Å². The van der Waals surface area contributed by atoms with Gasteiger partial charge >= 0.3 is 0 Å². The van der Waals surface area contributed by atoms with Crippen LogP contribution in [0.15, 0.2) is 71.6 Å². The molecule has 250 valence electrons. The summed E-state index contributed by atoms with van der Waals surface area (Å²) in [6.07, 6.45) is 18.8. The van der Waals surface area contributed by atoms with Gasteiger partial charge in [-0.25, -0.2) is 4.39 Å². The number of carbonyl (C=O) groups is 4. The molecule has 1 aliphatic rings. The maximum absolute atomic E-state index is 12.5. The van der Waals surface area contributed by atoms with Crippen LogP contribution in [0.1, 0.15) is 47.4 Å². The highest BCUT2D eigenvalue weighted by atomic mass is 32.2. The van der Waals surface area contributed by atoms with Crippen LogP contribution in [-0.2, 0) is 9.59 Å². The van der Waals surface area contributed by atoms with Gasteiger partial charge in [-0.05, 0) is 73.2 Å². The van der Waals surface area contributed by atoms with Gasteiger partial charge in [-0.3, -0.25) is 19.2 Å². The number of likely N-dealkylation sites (tertiary alicyclic amines) is 1. The minimum atomic E-state index is -0.319. The molecule has 1 heterocycles. The van der Waals surface area contributed by atoms with Crippen LogP contribution in [0.2, 0.25) is 0 Å². The normalized spacial score (nSPS) is 10.7. The summed E-state index contributed by atoms with van der Waals surface area (Å²) in [5.74, 6) is 0.750. The Kier molecular flexibility index (Phi) is 22.2. The molecule has 3 aromatic carbocycles. The highest BCUT2D eigenvalue weighted by Crippen LogP contribution is 2.20. The summed E-state index contributed by atoms with van der Waals surface area (Å²) in [4.78, 5) is 48.3. The fraction of sp³-hybridized carbons (Fsp3) is 0.278. The zero-order valence-corrected chi connectivity index (χ0v) is 28.1. The monoisotopic (exact) mass is 662 g/mol. The molecule has 0 unspecified atom stereocenters. The molecule has 0 bridgehead atoms. The van der Waals surface area contributed by atoms with E-state index in [1.807, 2.05) is 29.2 Å². The van der Waals surface area contributed by atoms with Crippen LogP contribution in [0.25, 0.3) is 0 Å². The van der Waals surface area contributed by atoms with Crippen molar-refractivity contribution < 1.29 is 28.3 Å². The van der Waals surface area contributed by atoms with E-state index in [1.54, 1.807) is 48.2 Å². The van der Waals surface area contributed by atoms with Gasteiger partial charge in [0.2, 0.25) is 11.8 Å². The highest BCUT2D eigenvalue weighted by Gasteiger charge is 2.17. The number of anilines is 2. The molecule has 9 nitrogen and oxygen atoms in total. The number of ether oxygens (including phenoxy) is 1. The number of hydrogen-bond acceptors (Lipinski definition) is 7. The molecule has 1 aliphatic heterocycles. The van der Waals surface area contributed by atoms with Crippen molar-refractivity contribution in [2.45, 2.75) is 31.6 Å². The number of nitrogens with one attached hydrogen (secondary N) is 3. The van der Waals surface area contributed by atoms with Gasteiger partial charge in [0.15, 0.2) is 17.9 Å². The van der Waals surface area contributed by atoms with Crippen molar-refractivity contribution in [1.29, 1.82) is 0 Å². The smallest absolute Gasteiger partial charge is 0.251 e. The molecule has 0 aromatic heterocycles. The second-order valence-corrected chi connectivity index (χ2v) is 10.6. The molecule has 1 fully saturated rings. The van der Waals surface area contributed by atoms with Crippen molar-refractivity contribution in [3.8, 4) is 31.4 Å². The average Bonchev–Trinajstić information content (AvgIpc) is 3.66. The first-order valence-corrected chi connectivity index (χ1v) is 15.5.